The molecular formula is C23H24O6. The van der Waals surface area contributed by atoms with Crippen LogP contribution >= 0.6 is 0 Å². The molecule has 152 valence electrons. The lowest BCUT2D eigenvalue weighted by Gasteiger charge is -2.07. The first-order valence-corrected chi connectivity index (χ1v) is 7.61. The van der Waals surface area contributed by atoms with Crippen LogP contribution < -0.4 is 18.9 Å². The molecular weight excluding hydrogens is 372 g/mol. The van der Waals surface area contributed by atoms with Crippen LogP contribution in [0.3, 0.4) is 0 Å². The number of ketones is 1. The van der Waals surface area contributed by atoms with Gasteiger partial charge in [0, 0.05) is 6.08 Å². The number of allylic oxidation sites excluding steroid dienone is 3. The van der Waals surface area contributed by atoms with Gasteiger partial charge in [0.05, 0.1) is 50.1 Å². The van der Waals surface area contributed by atoms with Crippen LogP contribution in [0.5, 0.6) is 23.0 Å². The van der Waals surface area contributed by atoms with Crippen molar-refractivity contribution in [1.82, 2.24) is 0 Å². The molecule has 2 rings (SSSR count). The zero-order valence-corrected chi connectivity index (χ0v) is 14.5. The van der Waals surface area contributed by atoms with E-state index in [-0.39, 0.29) is 11.1 Å². The second kappa shape index (κ2) is 10.6. The van der Waals surface area contributed by atoms with Gasteiger partial charge in [-0.15, -0.1) is 0 Å². The maximum Gasteiger partial charge on any atom is 0.182 e. The molecule has 6 heteroatoms. The molecule has 0 atom stereocenters. The standard InChI is InChI=1S/C23H24O6/c1-26-20-11-7-16(13-22(20)28-3)5-9-18(24)15-19(25)10-6-17-8-12-21(27-2)23(14-17)29-4/h5-15,24H,1-4H3/b9-5+,10-6+,18-15-/i1D3,2D3,3D3,4D3,5D,6D,9D,10D. The van der Waals surface area contributed by atoms with E-state index in [0.717, 1.165) is 36.4 Å². The predicted octanol–water partition coefficient (Wildman–Crippen LogP) is 4.46. The Hall–Kier alpha value is -3.67. The van der Waals surface area contributed by atoms with Gasteiger partial charge in [-0.2, -0.15) is 0 Å². The maximum absolute atomic E-state index is 12.6. The van der Waals surface area contributed by atoms with E-state index in [2.05, 4.69) is 0 Å². The lowest BCUT2D eigenvalue weighted by atomic mass is 10.1. The highest BCUT2D eigenvalue weighted by atomic mass is 16.5. The molecule has 0 saturated heterocycles. The summed E-state index contributed by atoms with van der Waals surface area (Å²) in [7, 11) is -12.1. The molecule has 0 unspecified atom stereocenters. The van der Waals surface area contributed by atoms with Crippen LogP contribution in [0.4, 0.5) is 0 Å². The second-order valence-corrected chi connectivity index (χ2v) is 5.13. The van der Waals surface area contributed by atoms with Crippen LogP contribution in [0.2, 0.25) is 0 Å². The lowest BCUT2D eigenvalue weighted by molar-refractivity contribution is -0.110. The van der Waals surface area contributed by atoms with E-state index < -0.39 is 86.9 Å². The number of hydrogen-bond donors (Lipinski definition) is 1. The predicted molar refractivity (Wildman–Crippen MR) is 113 cm³/mol. The SMILES string of the molecule is [2H]/C(C(=O)/C=C(O)/C([2H])=C(\[2H])c1ccc(OC([2H])([2H])[2H])c(OC([2H])([2H])[2H])c1)=C(/[2H])c1ccc(OC([2H])([2H])[2H])c(OC([2H])([2H])[2H])c1. The molecule has 1 N–H and O–H groups in total. The average molecular weight is 413 g/mol. The van der Waals surface area contributed by atoms with Crippen LogP contribution in [0.15, 0.2) is 60.3 Å². The molecule has 0 saturated carbocycles. The van der Waals surface area contributed by atoms with Gasteiger partial charge in [-0.1, -0.05) is 24.2 Å². The van der Waals surface area contributed by atoms with Gasteiger partial charge in [-0.3, -0.25) is 4.79 Å². The zero-order valence-electron chi connectivity index (χ0n) is 30.5. The average Bonchev–Trinajstić information content (AvgIpc) is 2.85. The largest absolute Gasteiger partial charge is 0.508 e. The van der Waals surface area contributed by atoms with Crippen molar-refractivity contribution in [3.63, 3.8) is 0 Å². The van der Waals surface area contributed by atoms with Crippen LogP contribution in [-0.4, -0.2) is 39.0 Å². The first-order chi connectivity index (χ1) is 20.3. The van der Waals surface area contributed by atoms with Crippen molar-refractivity contribution >= 4 is 17.9 Å². The number of carbonyl (C=O) groups excluding carboxylic acids is 1. The number of hydrogen-bond acceptors (Lipinski definition) is 6. The summed E-state index contributed by atoms with van der Waals surface area (Å²) in [5, 5.41) is 10.3. The molecule has 0 amide bonds. The Kier molecular flexibility index (Phi) is 3.06. The minimum atomic E-state index is -3.07. The molecule has 0 aliphatic carbocycles. The molecule has 29 heavy (non-hydrogen) atoms. The van der Waals surface area contributed by atoms with Crippen LogP contribution in [0, 0.1) is 0 Å². The minimum absolute atomic E-state index is 0.270. The summed E-state index contributed by atoms with van der Waals surface area (Å²) in [5.41, 5.74) is -0.559. The number of carbonyl (C=O) groups is 1. The van der Waals surface area contributed by atoms with E-state index in [1.165, 1.54) is 0 Å². The van der Waals surface area contributed by atoms with Gasteiger partial charge in [0.1, 0.15) is 5.76 Å². The van der Waals surface area contributed by atoms with Crippen molar-refractivity contribution in [1.29, 1.82) is 0 Å². The Bertz CT molecular complexity index is 1510. The molecule has 0 aliphatic heterocycles. The number of methoxy groups -OCH3 is 4. The Morgan fingerprint density at radius 2 is 1.31 bits per heavy atom. The van der Waals surface area contributed by atoms with E-state index >= 15 is 0 Å². The first kappa shape index (κ1) is 8.37. The highest BCUT2D eigenvalue weighted by Gasteiger charge is 2.04. The third-order valence-corrected chi connectivity index (χ3v) is 3.26. The quantitative estimate of drug-likeness (QED) is 0.372. The van der Waals surface area contributed by atoms with Crippen molar-refractivity contribution in [2.75, 3.05) is 28.2 Å². The van der Waals surface area contributed by atoms with Gasteiger partial charge in [0.15, 0.2) is 28.8 Å². The molecule has 0 radical (unpaired) electrons. The molecule has 0 aliphatic rings. The monoisotopic (exact) mass is 412 g/mol. The first-order valence-electron chi connectivity index (χ1n) is 15.6. The Balaban J connectivity index is 2.48. The summed E-state index contributed by atoms with van der Waals surface area (Å²) in [4.78, 5) is 12.6. The number of ether oxygens (including phenoxy) is 4. The normalized spacial score (nSPS) is 22.8. The van der Waals surface area contributed by atoms with Crippen LogP contribution in [0.25, 0.3) is 12.1 Å². The van der Waals surface area contributed by atoms with Gasteiger partial charge in [-0.05, 0) is 47.5 Å². The summed E-state index contributed by atoms with van der Waals surface area (Å²) >= 11 is 0. The summed E-state index contributed by atoms with van der Waals surface area (Å²) in [6.45, 7) is 0. The van der Waals surface area contributed by atoms with E-state index in [9.17, 15) is 9.90 Å². The Labute approximate surface area is 192 Å². The summed E-state index contributed by atoms with van der Waals surface area (Å²) < 4.78 is 138. The fourth-order valence-electron chi connectivity index (χ4n) is 1.97. The zero-order chi connectivity index (χ0) is 34.7. The molecule has 6 nitrogen and oxygen atoms in total. The number of aliphatic hydroxyl groups is 1. The van der Waals surface area contributed by atoms with E-state index in [1.807, 2.05) is 0 Å². The summed E-state index contributed by atoms with van der Waals surface area (Å²) in [5.74, 6) is -4.83. The van der Waals surface area contributed by atoms with Crippen molar-refractivity contribution in [2.45, 2.75) is 0 Å². The maximum atomic E-state index is 12.6. The summed E-state index contributed by atoms with van der Waals surface area (Å²) in [6, 6.07) is 1.96. The molecule has 2 aromatic carbocycles. The van der Waals surface area contributed by atoms with E-state index in [0.29, 0.717) is 6.08 Å². The lowest BCUT2D eigenvalue weighted by Crippen LogP contribution is -1.91. The van der Waals surface area contributed by atoms with Gasteiger partial charge in [0.2, 0.25) is 0 Å². The van der Waals surface area contributed by atoms with Crippen molar-refractivity contribution in [2.24, 2.45) is 0 Å². The van der Waals surface area contributed by atoms with Gasteiger partial charge in [-0.25, -0.2) is 0 Å². The van der Waals surface area contributed by atoms with Gasteiger partial charge < -0.3 is 24.1 Å². The number of aliphatic hydroxyl groups excluding tert-OH is 1. The Morgan fingerprint density at radius 3 is 1.83 bits per heavy atom. The van der Waals surface area contributed by atoms with Crippen molar-refractivity contribution < 1.29 is 50.8 Å². The third kappa shape index (κ3) is 6.17. The van der Waals surface area contributed by atoms with Gasteiger partial charge in [0.25, 0.3) is 0 Å². The molecule has 0 aromatic heterocycles. The fraction of sp³-hybridized carbons (Fsp3) is 0.174. The highest BCUT2D eigenvalue weighted by Crippen LogP contribution is 2.29. The van der Waals surface area contributed by atoms with Crippen molar-refractivity contribution in [3.05, 3.63) is 71.5 Å². The third-order valence-electron chi connectivity index (χ3n) is 3.26. The number of benzene rings is 2. The van der Waals surface area contributed by atoms with Crippen LogP contribution in [0.1, 0.15) is 33.1 Å². The number of rotatable bonds is 9. The van der Waals surface area contributed by atoms with Crippen molar-refractivity contribution in [3.8, 4) is 23.0 Å². The Morgan fingerprint density at radius 1 is 0.828 bits per heavy atom. The van der Waals surface area contributed by atoms with Gasteiger partial charge >= 0.3 is 0 Å². The van der Waals surface area contributed by atoms with E-state index in [1.54, 1.807) is 0 Å². The minimum Gasteiger partial charge on any atom is -0.508 e. The molecule has 2 aromatic rings. The fourth-order valence-corrected chi connectivity index (χ4v) is 1.97. The molecule has 0 spiro atoms. The van der Waals surface area contributed by atoms with Crippen LogP contribution in [-0.2, 0) is 4.79 Å². The second-order valence-electron chi connectivity index (χ2n) is 5.13. The smallest absolute Gasteiger partial charge is 0.182 e. The molecule has 0 fully saturated rings. The topological polar surface area (TPSA) is 74.2 Å². The highest BCUT2D eigenvalue weighted by molar-refractivity contribution is 6.02. The summed E-state index contributed by atoms with van der Waals surface area (Å²) in [6.07, 6.45) is 0.339. The van der Waals surface area contributed by atoms with E-state index in [4.69, 9.17) is 40.9 Å². The molecule has 0 bridgehead atoms. The molecule has 0 heterocycles.